The molecule has 154 valence electrons. The lowest BCUT2D eigenvalue weighted by atomic mass is 10.1. The molecular weight excluding hydrogens is 372 g/mol. The van der Waals surface area contributed by atoms with Gasteiger partial charge in [0, 0.05) is 24.8 Å². The number of nitrogens with zero attached hydrogens (tertiary/aromatic N) is 3. The van der Waals surface area contributed by atoms with Gasteiger partial charge in [-0.15, -0.1) is 0 Å². The molecule has 8 heteroatoms. The number of ether oxygens (including phenoxy) is 2. The Kier molecular flexibility index (Phi) is 6.99. The third-order valence-corrected chi connectivity index (χ3v) is 4.51. The molecule has 1 saturated heterocycles. The normalized spacial score (nSPS) is 13.7. The molecule has 0 atom stereocenters. The topological polar surface area (TPSA) is 93.6 Å². The number of aryl methyl sites for hydroxylation is 1. The molecule has 8 nitrogen and oxygen atoms in total. The van der Waals surface area contributed by atoms with Gasteiger partial charge < -0.3 is 19.7 Å². The van der Waals surface area contributed by atoms with Crippen molar-refractivity contribution >= 4 is 23.5 Å². The standard InChI is InChI=1S/C21H26N4O4/c1-3-28-20(27)16-9-5-6-10-17(16)23-18(26)14-29-19-13-15(2)22-21(24-19)25-11-7-4-8-12-25/h5-6,9-10,13H,3-4,7-8,11-12,14H2,1-2H3,(H,23,26). The average molecular weight is 398 g/mol. The Balaban J connectivity index is 1.63. The van der Waals surface area contributed by atoms with Crippen molar-refractivity contribution in [2.75, 3.05) is 36.5 Å². The number of esters is 1. The van der Waals surface area contributed by atoms with Crippen LogP contribution >= 0.6 is 0 Å². The first kappa shape index (κ1) is 20.6. The van der Waals surface area contributed by atoms with Crippen molar-refractivity contribution in [1.82, 2.24) is 9.97 Å². The number of carbonyl (C=O) groups is 2. The number of anilines is 2. The Hall–Kier alpha value is -3.16. The monoisotopic (exact) mass is 398 g/mol. The van der Waals surface area contributed by atoms with Crippen LogP contribution in [0.15, 0.2) is 30.3 Å². The number of para-hydroxylation sites is 1. The number of hydrogen-bond donors (Lipinski definition) is 1. The Morgan fingerprint density at radius 1 is 1.14 bits per heavy atom. The van der Waals surface area contributed by atoms with Crippen LogP contribution in [0.25, 0.3) is 0 Å². The molecule has 0 spiro atoms. The number of carbonyl (C=O) groups excluding carboxylic acids is 2. The zero-order chi connectivity index (χ0) is 20.6. The van der Waals surface area contributed by atoms with Gasteiger partial charge in [-0.3, -0.25) is 4.79 Å². The van der Waals surface area contributed by atoms with Gasteiger partial charge in [-0.1, -0.05) is 12.1 Å². The molecule has 0 aliphatic carbocycles. The van der Waals surface area contributed by atoms with Gasteiger partial charge in [0.1, 0.15) is 0 Å². The number of piperidine rings is 1. The highest BCUT2D eigenvalue weighted by molar-refractivity contribution is 6.01. The van der Waals surface area contributed by atoms with Crippen LogP contribution in [0.2, 0.25) is 0 Å². The Labute approximate surface area is 170 Å². The fourth-order valence-electron chi connectivity index (χ4n) is 3.14. The van der Waals surface area contributed by atoms with Crippen molar-refractivity contribution in [3.05, 3.63) is 41.6 Å². The summed E-state index contributed by atoms with van der Waals surface area (Å²) in [6.07, 6.45) is 3.46. The zero-order valence-corrected chi connectivity index (χ0v) is 16.8. The lowest BCUT2D eigenvalue weighted by Crippen LogP contribution is -2.31. The van der Waals surface area contributed by atoms with Gasteiger partial charge in [-0.25, -0.2) is 9.78 Å². The second kappa shape index (κ2) is 9.86. The van der Waals surface area contributed by atoms with Crippen LogP contribution in [0, 0.1) is 6.92 Å². The SMILES string of the molecule is CCOC(=O)c1ccccc1NC(=O)COc1cc(C)nc(N2CCCCC2)n1. The van der Waals surface area contributed by atoms with E-state index in [1.807, 2.05) is 6.92 Å². The molecule has 2 heterocycles. The van der Waals surface area contributed by atoms with Gasteiger partial charge in [0.05, 0.1) is 17.9 Å². The molecule has 1 fully saturated rings. The van der Waals surface area contributed by atoms with Gasteiger partial charge in [-0.05, 0) is 45.2 Å². The predicted molar refractivity (Wildman–Crippen MR) is 109 cm³/mol. The molecule has 0 unspecified atom stereocenters. The van der Waals surface area contributed by atoms with Gasteiger partial charge in [0.2, 0.25) is 11.8 Å². The van der Waals surface area contributed by atoms with E-state index >= 15 is 0 Å². The van der Waals surface area contributed by atoms with Crippen LogP contribution in [0.3, 0.4) is 0 Å². The van der Waals surface area contributed by atoms with Crippen molar-refractivity contribution in [3.8, 4) is 5.88 Å². The zero-order valence-electron chi connectivity index (χ0n) is 16.8. The Morgan fingerprint density at radius 2 is 1.90 bits per heavy atom. The Bertz CT molecular complexity index is 866. The molecule has 0 radical (unpaired) electrons. The highest BCUT2D eigenvalue weighted by Gasteiger charge is 2.17. The average Bonchev–Trinajstić information content (AvgIpc) is 2.73. The van der Waals surface area contributed by atoms with Crippen molar-refractivity contribution in [1.29, 1.82) is 0 Å². The number of rotatable bonds is 7. The molecule has 1 aromatic heterocycles. The van der Waals surface area contributed by atoms with E-state index in [0.29, 0.717) is 23.1 Å². The largest absolute Gasteiger partial charge is 0.467 e. The number of amides is 1. The molecule has 0 bridgehead atoms. The molecule has 1 aliphatic heterocycles. The van der Waals surface area contributed by atoms with E-state index in [1.54, 1.807) is 37.3 Å². The van der Waals surface area contributed by atoms with Gasteiger partial charge in [0.25, 0.3) is 5.91 Å². The summed E-state index contributed by atoms with van der Waals surface area (Å²) in [5, 5.41) is 2.69. The molecule has 0 saturated carbocycles. The molecule has 3 rings (SSSR count). The predicted octanol–water partition coefficient (Wildman–Crippen LogP) is 2.97. The molecule has 29 heavy (non-hydrogen) atoms. The quantitative estimate of drug-likeness (QED) is 0.717. The minimum absolute atomic E-state index is 0.229. The first-order valence-corrected chi connectivity index (χ1v) is 9.86. The fourth-order valence-corrected chi connectivity index (χ4v) is 3.14. The maximum atomic E-state index is 12.3. The lowest BCUT2D eigenvalue weighted by Gasteiger charge is -2.26. The summed E-state index contributed by atoms with van der Waals surface area (Å²) in [5.74, 6) is 0.110. The first-order chi connectivity index (χ1) is 14.1. The minimum Gasteiger partial charge on any atom is -0.467 e. The first-order valence-electron chi connectivity index (χ1n) is 9.86. The Morgan fingerprint density at radius 3 is 2.66 bits per heavy atom. The number of aromatic nitrogens is 2. The van der Waals surface area contributed by atoms with Gasteiger partial charge >= 0.3 is 5.97 Å². The summed E-state index contributed by atoms with van der Waals surface area (Å²) in [6, 6.07) is 8.40. The van der Waals surface area contributed by atoms with E-state index in [-0.39, 0.29) is 13.2 Å². The van der Waals surface area contributed by atoms with Crippen molar-refractivity contribution < 1.29 is 19.1 Å². The van der Waals surface area contributed by atoms with Crippen LogP contribution < -0.4 is 15.0 Å². The van der Waals surface area contributed by atoms with Gasteiger partial charge in [-0.2, -0.15) is 4.98 Å². The van der Waals surface area contributed by atoms with Crippen molar-refractivity contribution in [3.63, 3.8) is 0 Å². The number of benzene rings is 1. The van der Waals surface area contributed by atoms with E-state index in [4.69, 9.17) is 9.47 Å². The van der Waals surface area contributed by atoms with E-state index < -0.39 is 11.9 Å². The number of hydrogen-bond acceptors (Lipinski definition) is 7. The third kappa shape index (κ3) is 5.66. The van der Waals surface area contributed by atoms with E-state index in [0.717, 1.165) is 31.6 Å². The summed E-state index contributed by atoms with van der Waals surface area (Å²) in [5.41, 5.74) is 1.46. The van der Waals surface area contributed by atoms with Crippen LogP contribution in [-0.2, 0) is 9.53 Å². The summed E-state index contributed by atoms with van der Waals surface area (Å²) in [7, 11) is 0. The van der Waals surface area contributed by atoms with Crippen molar-refractivity contribution in [2.24, 2.45) is 0 Å². The van der Waals surface area contributed by atoms with Gasteiger partial charge in [0.15, 0.2) is 6.61 Å². The lowest BCUT2D eigenvalue weighted by molar-refractivity contribution is -0.118. The van der Waals surface area contributed by atoms with Crippen molar-refractivity contribution in [2.45, 2.75) is 33.1 Å². The highest BCUT2D eigenvalue weighted by atomic mass is 16.5. The van der Waals surface area contributed by atoms with E-state index in [2.05, 4.69) is 20.2 Å². The van der Waals surface area contributed by atoms with Crippen LogP contribution in [0.5, 0.6) is 5.88 Å². The number of nitrogens with one attached hydrogen (secondary N) is 1. The highest BCUT2D eigenvalue weighted by Crippen LogP contribution is 2.20. The maximum absolute atomic E-state index is 12.3. The molecule has 1 amide bonds. The molecular formula is C21H26N4O4. The molecule has 2 aromatic rings. The molecule has 1 aromatic carbocycles. The van der Waals surface area contributed by atoms with Crippen LogP contribution in [0.1, 0.15) is 42.2 Å². The van der Waals surface area contributed by atoms with E-state index in [9.17, 15) is 9.59 Å². The van der Waals surface area contributed by atoms with Crippen LogP contribution in [0.4, 0.5) is 11.6 Å². The second-order valence-corrected chi connectivity index (χ2v) is 6.80. The second-order valence-electron chi connectivity index (χ2n) is 6.80. The fraction of sp³-hybridized carbons (Fsp3) is 0.429. The molecule has 1 aliphatic rings. The smallest absolute Gasteiger partial charge is 0.340 e. The summed E-state index contributed by atoms with van der Waals surface area (Å²) >= 11 is 0. The van der Waals surface area contributed by atoms with E-state index in [1.165, 1.54) is 6.42 Å². The third-order valence-electron chi connectivity index (χ3n) is 4.51. The maximum Gasteiger partial charge on any atom is 0.340 e. The summed E-state index contributed by atoms with van der Waals surface area (Å²) in [6.45, 7) is 5.48. The molecule has 1 N–H and O–H groups in total. The van der Waals surface area contributed by atoms with Crippen LogP contribution in [-0.4, -0.2) is 48.1 Å². The summed E-state index contributed by atoms with van der Waals surface area (Å²) < 4.78 is 10.6. The summed E-state index contributed by atoms with van der Waals surface area (Å²) in [4.78, 5) is 35.4. The minimum atomic E-state index is -0.484.